The Morgan fingerprint density at radius 3 is 2.61 bits per heavy atom. The highest BCUT2D eigenvalue weighted by Gasteiger charge is 2.01. The Hall–Kier alpha value is -1.46. The number of benzene rings is 1. The largest absolute Gasteiger partial charge is 0.494 e. The van der Waals surface area contributed by atoms with Gasteiger partial charge in [0.25, 0.3) is 0 Å². The second-order valence-corrected chi connectivity index (χ2v) is 3.71. The van der Waals surface area contributed by atoms with Crippen molar-refractivity contribution < 1.29 is 18.9 Å². The van der Waals surface area contributed by atoms with Gasteiger partial charge in [-0.25, -0.2) is 0 Å². The minimum Gasteiger partial charge on any atom is -0.494 e. The van der Waals surface area contributed by atoms with Crippen molar-refractivity contribution in [3.8, 4) is 11.5 Å². The predicted molar refractivity (Wildman–Crippen MR) is 70.2 cm³/mol. The van der Waals surface area contributed by atoms with E-state index in [2.05, 4.69) is 0 Å². The van der Waals surface area contributed by atoms with Gasteiger partial charge in [0.1, 0.15) is 18.1 Å². The zero-order valence-corrected chi connectivity index (χ0v) is 11.0. The van der Waals surface area contributed by atoms with Gasteiger partial charge in [-0.05, 0) is 18.6 Å². The summed E-state index contributed by atoms with van der Waals surface area (Å²) < 4.78 is 20.9. The number of hydrogen-bond donors (Lipinski definition) is 1. The lowest BCUT2D eigenvalue weighted by molar-refractivity contribution is 0.0806. The van der Waals surface area contributed by atoms with Crippen LogP contribution in [0.3, 0.4) is 0 Å². The zero-order valence-electron chi connectivity index (χ0n) is 11.0. The maximum absolute atomic E-state index is 5.71. The second-order valence-electron chi connectivity index (χ2n) is 3.71. The van der Waals surface area contributed by atoms with E-state index < -0.39 is 0 Å². The molecule has 0 saturated heterocycles. The molecule has 2 N–H and O–H groups in total. The summed E-state index contributed by atoms with van der Waals surface area (Å²) in [6.07, 6.45) is 0.895. The molecule has 5 heteroatoms. The highest BCUT2D eigenvalue weighted by atomic mass is 16.5. The van der Waals surface area contributed by atoms with Crippen LogP contribution in [0.4, 0.5) is 5.69 Å². The van der Waals surface area contributed by atoms with Gasteiger partial charge >= 0.3 is 0 Å². The fourth-order valence-electron chi connectivity index (χ4n) is 1.41. The first-order chi connectivity index (χ1) is 8.77. The van der Waals surface area contributed by atoms with Gasteiger partial charge in [0.15, 0.2) is 0 Å². The van der Waals surface area contributed by atoms with Gasteiger partial charge in [-0.2, -0.15) is 0 Å². The lowest BCUT2D eigenvalue weighted by atomic mass is 10.3. The summed E-state index contributed by atoms with van der Waals surface area (Å²) in [6.45, 7) is 2.45. The fraction of sp³-hybridized carbons (Fsp3) is 0.538. The van der Waals surface area contributed by atoms with E-state index in [1.54, 1.807) is 26.4 Å². The fourth-order valence-corrected chi connectivity index (χ4v) is 1.41. The van der Waals surface area contributed by atoms with Gasteiger partial charge in [0.05, 0.1) is 19.4 Å². The molecule has 0 aliphatic carbocycles. The highest BCUT2D eigenvalue weighted by molar-refractivity contribution is 5.55. The third-order valence-electron chi connectivity index (χ3n) is 2.34. The van der Waals surface area contributed by atoms with Crippen molar-refractivity contribution in [3.05, 3.63) is 18.2 Å². The lowest BCUT2D eigenvalue weighted by Gasteiger charge is -2.09. The molecule has 0 atom stereocenters. The van der Waals surface area contributed by atoms with Gasteiger partial charge in [-0.1, -0.05) is 0 Å². The Morgan fingerprint density at radius 2 is 1.89 bits per heavy atom. The maximum atomic E-state index is 5.71. The molecule has 0 unspecified atom stereocenters. The molecule has 102 valence electrons. The van der Waals surface area contributed by atoms with Crippen LogP contribution in [0.15, 0.2) is 18.2 Å². The quantitative estimate of drug-likeness (QED) is 0.537. The SMILES string of the molecule is COCCCOCCOc1ccc(N)c(OC)c1. The number of rotatable bonds is 9. The molecule has 0 bridgehead atoms. The highest BCUT2D eigenvalue weighted by Crippen LogP contribution is 2.26. The first-order valence-electron chi connectivity index (χ1n) is 5.91. The van der Waals surface area contributed by atoms with E-state index in [4.69, 9.17) is 24.7 Å². The van der Waals surface area contributed by atoms with Crippen LogP contribution in [0.25, 0.3) is 0 Å². The molecule has 0 aliphatic heterocycles. The molecule has 1 aromatic rings. The van der Waals surface area contributed by atoms with E-state index in [0.29, 0.717) is 31.3 Å². The first-order valence-corrected chi connectivity index (χ1v) is 5.91. The van der Waals surface area contributed by atoms with E-state index >= 15 is 0 Å². The molecule has 0 heterocycles. The third kappa shape index (κ3) is 5.25. The molecule has 0 spiro atoms. The van der Waals surface area contributed by atoms with E-state index in [1.807, 2.05) is 6.07 Å². The van der Waals surface area contributed by atoms with Crippen molar-refractivity contribution in [2.75, 3.05) is 46.4 Å². The molecule has 18 heavy (non-hydrogen) atoms. The summed E-state index contributed by atoms with van der Waals surface area (Å²) in [5, 5.41) is 0. The van der Waals surface area contributed by atoms with E-state index in [-0.39, 0.29) is 0 Å². The molecule has 1 aromatic carbocycles. The van der Waals surface area contributed by atoms with Gasteiger partial charge in [-0.3, -0.25) is 0 Å². The molecular weight excluding hydrogens is 234 g/mol. The third-order valence-corrected chi connectivity index (χ3v) is 2.34. The molecule has 0 aromatic heterocycles. The average molecular weight is 255 g/mol. The Balaban J connectivity index is 2.19. The van der Waals surface area contributed by atoms with E-state index in [1.165, 1.54) is 0 Å². The first kappa shape index (κ1) is 14.6. The monoisotopic (exact) mass is 255 g/mol. The van der Waals surface area contributed by atoms with Crippen LogP contribution in [-0.2, 0) is 9.47 Å². The Bertz CT molecular complexity index is 344. The van der Waals surface area contributed by atoms with Crippen LogP contribution in [0, 0.1) is 0 Å². The van der Waals surface area contributed by atoms with Gasteiger partial charge in [0, 0.05) is 26.4 Å². The van der Waals surface area contributed by atoms with E-state index in [0.717, 1.165) is 18.8 Å². The molecular formula is C13H21NO4. The molecule has 0 radical (unpaired) electrons. The number of anilines is 1. The van der Waals surface area contributed by atoms with E-state index in [9.17, 15) is 0 Å². The summed E-state index contributed by atoms with van der Waals surface area (Å²) in [7, 11) is 3.26. The Kier molecular flexibility index (Phi) is 6.98. The van der Waals surface area contributed by atoms with Crippen LogP contribution >= 0.6 is 0 Å². The molecule has 5 nitrogen and oxygen atoms in total. The molecule has 0 fully saturated rings. The number of methoxy groups -OCH3 is 2. The average Bonchev–Trinajstić information content (AvgIpc) is 2.39. The second kappa shape index (κ2) is 8.60. The molecule has 0 aliphatic rings. The molecule has 0 amide bonds. The van der Waals surface area contributed by atoms with Crippen LogP contribution in [0.1, 0.15) is 6.42 Å². The predicted octanol–water partition coefficient (Wildman–Crippen LogP) is 1.71. The van der Waals surface area contributed by atoms with Crippen molar-refractivity contribution in [1.29, 1.82) is 0 Å². The summed E-state index contributed by atoms with van der Waals surface area (Å²) in [6, 6.07) is 5.33. The number of nitrogen functional groups attached to an aromatic ring is 1. The topological polar surface area (TPSA) is 62.9 Å². The summed E-state index contributed by atoms with van der Waals surface area (Å²) in [4.78, 5) is 0. The van der Waals surface area contributed by atoms with Crippen molar-refractivity contribution >= 4 is 5.69 Å². The van der Waals surface area contributed by atoms with Gasteiger partial charge in [0.2, 0.25) is 0 Å². The summed E-state index contributed by atoms with van der Waals surface area (Å²) >= 11 is 0. The van der Waals surface area contributed by atoms with Gasteiger partial charge in [-0.15, -0.1) is 0 Å². The number of ether oxygens (including phenoxy) is 4. The molecule has 0 saturated carbocycles. The normalized spacial score (nSPS) is 10.3. The Labute approximate surface area is 108 Å². The van der Waals surface area contributed by atoms with Crippen LogP contribution in [0.5, 0.6) is 11.5 Å². The molecule has 1 rings (SSSR count). The van der Waals surface area contributed by atoms with Crippen molar-refractivity contribution in [2.24, 2.45) is 0 Å². The van der Waals surface area contributed by atoms with Crippen LogP contribution in [-0.4, -0.2) is 40.6 Å². The summed E-state index contributed by atoms with van der Waals surface area (Å²) in [5.41, 5.74) is 6.30. The number of hydrogen-bond acceptors (Lipinski definition) is 5. The van der Waals surface area contributed by atoms with Crippen LogP contribution in [0.2, 0.25) is 0 Å². The smallest absolute Gasteiger partial charge is 0.145 e. The van der Waals surface area contributed by atoms with Crippen LogP contribution < -0.4 is 15.2 Å². The van der Waals surface area contributed by atoms with Crippen molar-refractivity contribution in [3.63, 3.8) is 0 Å². The van der Waals surface area contributed by atoms with Crippen molar-refractivity contribution in [1.82, 2.24) is 0 Å². The standard InChI is InChI=1S/C13H21NO4/c1-15-6-3-7-17-8-9-18-11-4-5-12(14)13(10-11)16-2/h4-5,10H,3,6-9,14H2,1-2H3. The Morgan fingerprint density at radius 1 is 1.06 bits per heavy atom. The summed E-state index contributed by atoms with van der Waals surface area (Å²) in [5.74, 6) is 1.34. The maximum Gasteiger partial charge on any atom is 0.145 e. The zero-order chi connectivity index (χ0) is 13.2. The van der Waals surface area contributed by atoms with Crippen molar-refractivity contribution in [2.45, 2.75) is 6.42 Å². The minimum atomic E-state index is 0.500. The number of nitrogens with two attached hydrogens (primary N) is 1. The van der Waals surface area contributed by atoms with Gasteiger partial charge < -0.3 is 24.7 Å². The minimum absolute atomic E-state index is 0.500. The lowest BCUT2D eigenvalue weighted by Crippen LogP contribution is -2.08.